The van der Waals surface area contributed by atoms with Crippen LogP contribution >= 0.6 is 0 Å². The van der Waals surface area contributed by atoms with Crippen LogP contribution in [0.4, 0.5) is 0 Å². The number of ether oxygens (including phenoxy) is 1. The van der Waals surface area contributed by atoms with E-state index in [1.165, 1.54) is 16.8 Å². The third kappa shape index (κ3) is 6.55. The number of benzene rings is 4. The fourth-order valence-corrected chi connectivity index (χ4v) is 6.30. The van der Waals surface area contributed by atoms with E-state index in [4.69, 9.17) is 14.8 Å². The van der Waals surface area contributed by atoms with Gasteiger partial charge in [-0.05, 0) is 72.0 Å². The quantitative estimate of drug-likeness (QED) is 0.137. The SMILES string of the molecule is Cc1ccnc(-n2c3[c-]c(Oc4[c-]c(-n5nc(CC(C)C)c(-c6ccccc6)c5CC(C)C)ccc4)ccc3c3ccccc32)c1.[Pt+2]. The fourth-order valence-electron chi connectivity index (χ4n) is 6.30. The van der Waals surface area contributed by atoms with Crippen LogP contribution in [0, 0.1) is 30.9 Å². The molecular weight excluding hydrogens is 760 g/mol. The van der Waals surface area contributed by atoms with Gasteiger partial charge in [0.1, 0.15) is 5.82 Å². The van der Waals surface area contributed by atoms with Crippen molar-refractivity contribution in [2.45, 2.75) is 47.5 Å². The van der Waals surface area contributed by atoms with E-state index in [1.807, 2.05) is 30.5 Å². The molecule has 4 aromatic carbocycles. The number of nitrogens with zero attached hydrogens (tertiary/aromatic N) is 4. The molecule has 0 amide bonds. The zero-order valence-corrected chi connectivity index (χ0v) is 29.7. The van der Waals surface area contributed by atoms with Crippen molar-refractivity contribution in [1.82, 2.24) is 19.3 Å². The number of aryl methyl sites for hydroxylation is 1. The van der Waals surface area contributed by atoms with E-state index < -0.39 is 0 Å². The van der Waals surface area contributed by atoms with Gasteiger partial charge in [-0.3, -0.25) is 4.68 Å². The Balaban J connectivity index is 0.00000386. The Morgan fingerprint density at radius 2 is 1.49 bits per heavy atom. The van der Waals surface area contributed by atoms with Crippen molar-refractivity contribution >= 4 is 21.8 Å². The molecular formula is C41H38N4OPt. The second kappa shape index (κ2) is 13.7. The molecule has 0 saturated carbocycles. The van der Waals surface area contributed by atoms with Crippen molar-refractivity contribution in [2.24, 2.45) is 11.8 Å². The molecule has 0 aliphatic carbocycles. The molecule has 0 atom stereocenters. The molecule has 0 spiro atoms. The summed E-state index contributed by atoms with van der Waals surface area (Å²) >= 11 is 0. The minimum Gasteiger partial charge on any atom is -0.509 e. The van der Waals surface area contributed by atoms with Crippen LogP contribution in [-0.4, -0.2) is 19.3 Å². The van der Waals surface area contributed by atoms with Gasteiger partial charge in [0.2, 0.25) is 0 Å². The first-order chi connectivity index (χ1) is 22.4. The van der Waals surface area contributed by atoms with E-state index >= 15 is 0 Å². The largest absolute Gasteiger partial charge is 2.00 e. The van der Waals surface area contributed by atoms with Gasteiger partial charge < -0.3 is 9.30 Å². The Hall–Kier alpha value is -4.47. The Labute approximate surface area is 291 Å². The first-order valence-electron chi connectivity index (χ1n) is 16.1. The molecule has 0 bridgehead atoms. The summed E-state index contributed by atoms with van der Waals surface area (Å²) in [4.78, 5) is 4.70. The average molecular weight is 798 g/mol. The third-order valence-electron chi connectivity index (χ3n) is 8.21. The molecule has 7 rings (SSSR count). The van der Waals surface area contributed by atoms with Crippen LogP contribution in [0.15, 0.2) is 103 Å². The van der Waals surface area contributed by atoms with Gasteiger partial charge in [-0.2, -0.15) is 17.2 Å². The first-order valence-corrected chi connectivity index (χ1v) is 16.1. The maximum absolute atomic E-state index is 6.48. The van der Waals surface area contributed by atoms with Gasteiger partial charge in [0.25, 0.3) is 0 Å². The monoisotopic (exact) mass is 797 g/mol. The minimum atomic E-state index is 0. The number of hydrogen-bond acceptors (Lipinski definition) is 3. The molecule has 0 fully saturated rings. The van der Waals surface area contributed by atoms with Gasteiger partial charge in [0.15, 0.2) is 0 Å². The van der Waals surface area contributed by atoms with Crippen molar-refractivity contribution < 1.29 is 25.8 Å². The molecule has 0 aliphatic heterocycles. The van der Waals surface area contributed by atoms with E-state index in [0.29, 0.717) is 23.3 Å². The number of hydrogen-bond donors (Lipinski definition) is 0. The smallest absolute Gasteiger partial charge is 0.509 e. The van der Waals surface area contributed by atoms with Crippen LogP contribution in [0.1, 0.15) is 44.6 Å². The van der Waals surface area contributed by atoms with Crippen molar-refractivity contribution in [1.29, 1.82) is 0 Å². The first kappa shape index (κ1) is 32.5. The summed E-state index contributed by atoms with van der Waals surface area (Å²) in [5.41, 5.74) is 8.77. The van der Waals surface area contributed by atoms with E-state index in [2.05, 4.69) is 129 Å². The van der Waals surface area contributed by atoms with Crippen LogP contribution < -0.4 is 4.74 Å². The normalized spacial score (nSPS) is 11.5. The van der Waals surface area contributed by atoms with E-state index in [0.717, 1.165) is 57.4 Å². The summed E-state index contributed by atoms with van der Waals surface area (Å²) < 4.78 is 10.7. The molecule has 3 aromatic heterocycles. The Bertz CT molecular complexity index is 2160. The number of aromatic nitrogens is 4. The summed E-state index contributed by atoms with van der Waals surface area (Å²) in [7, 11) is 0. The molecule has 0 radical (unpaired) electrons. The standard InChI is InChI=1S/C41H38N4O.Pt/c1-27(2)22-36-41(30-12-7-6-8-13-30)39(23-28(3)4)45(43-36)31-14-11-15-32(25-31)46-33-18-19-35-34-16-9-10-17-37(34)44(38(35)26-33)40-24-29(5)20-21-42-40;/h6-21,24,27-28H,22-23H2,1-5H3;/q-2;+2. The fraction of sp³-hybridized carbons (Fsp3) is 0.220. The number of para-hydroxylation sites is 1. The van der Waals surface area contributed by atoms with Crippen molar-refractivity contribution in [3.05, 3.63) is 132 Å². The topological polar surface area (TPSA) is 44.9 Å². The second-order valence-corrected chi connectivity index (χ2v) is 12.9. The van der Waals surface area contributed by atoms with Gasteiger partial charge >= 0.3 is 21.1 Å². The molecule has 0 N–H and O–H groups in total. The van der Waals surface area contributed by atoms with Gasteiger partial charge in [-0.25, -0.2) is 4.98 Å². The third-order valence-corrected chi connectivity index (χ3v) is 8.21. The predicted molar refractivity (Wildman–Crippen MR) is 187 cm³/mol. The number of rotatable bonds is 9. The zero-order valence-electron chi connectivity index (χ0n) is 27.4. The Morgan fingerprint density at radius 1 is 0.745 bits per heavy atom. The van der Waals surface area contributed by atoms with Gasteiger partial charge in [-0.1, -0.05) is 81.7 Å². The van der Waals surface area contributed by atoms with Gasteiger partial charge in [0, 0.05) is 28.8 Å². The van der Waals surface area contributed by atoms with E-state index in [-0.39, 0.29) is 21.1 Å². The maximum atomic E-state index is 6.48. The van der Waals surface area contributed by atoms with Crippen LogP contribution in [0.5, 0.6) is 11.5 Å². The summed E-state index contributed by atoms with van der Waals surface area (Å²) in [6.45, 7) is 11.1. The molecule has 0 unspecified atom stereocenters. The number of pyridine rings is 1. The summed E-state index contributed by atoms with van der Waals surface area (Å²) in [5.74, 6) is 3.02. The molecule has 5 nitrogen and oxygen atoms in total. The maximum Gasteiger partial charge on any atom is 2.00 e. The predicted octanol–water partition coefficient (Wildman–Crippen LogP) is 10.1. The molecule has 7 aromatic rings. The van der Waals surface area contributed by atoms with Crippen LogP contribution in [0.3, 0.4) is 0 Å². The van der Waals surface area contributed by atoms with Crippen molar-refractivity contribution in [3.8, 4) is 34.1 Å². The van der Waals surface area contributed by atoms with Crippen molar-refractivity contribution in [3.63, 3.8) is 0 Å². The molecule has 238 valence electrons. The van der Waals surface area contributed by atoms with Crippen LogP contribution in [0.25, 0.3) is 44.4 Å². The number of fused-ring (bicyclic) bond motifs is 3. The average Bonchev–Trinajstić information content (AvgIpc) is 3.55. The Kier molecular flexibility index (Phi) is 9.47. The summed E-state index contributed by atoms with van der Waals surface area (Å²) in [6.07, 6.45) is 3.65. The zero-order chi connectivity index (χ0) is 31.8. The van der Waals surface area contributed by atoms with Crippen molar-refractivity contribution in [2.75, 3.05) is 0 Å². The summed E-state index contributed by atoms with van der Waals surface area (Å²) in [6, 6.07) is 40.4. The van der Waals surface area contributed by atoms with Gasteiger partial charge in [0.05, 0.1) is 11.4 Å². The molecule has 3 heterocycles. The molecule has 6 heteroatoms. The van der Waals surface area contributed by atoms with E-state index in [1.54, 1.807) is 0 Å². The second-order valence-electron chi connectivity index (χ2n) is 12.9. The minimum absolute atomic E-state index is 0. The van der Waals surface area contributed by atoms with Crippen LogP contribution in [0.2, 0.25) is 0 Å². The Morgan fingerprint density at radius 3 is 2.26 bits per heavy atom. The summed E-state index contributed by atoms with van der Waals surface area (Å²) in [5, 5.41) is 7.48. The van der Waals surface area contributed by atoms with E-state index in [9.17, 15) is 0 Å². The molecule has 47 heavy (non-hydrogen) atoms. The molecule has 0 aliphatic rings. The molecule has 0 saturated heterocycles. The van der Waals surface area contributed by atoms with Gasteiger partial charge in [-0.15, -0.1) is 35.7 Å². The van der Waals surface area contributed by atoms with Crippen LogP contribution in [-0.2, 0) is 33.9 Å².